The fourth-order valence-electron chi connectivity index (χ4n) is 3.16. The molecule has 21 heavy (non-hydrogen) atoms. The highest BCUT2D eigenvalue weighted by atomic mass is 32.1. The van der Waals surface area contributed by atoms with Crippen LogP contribution in [0.15, 0.2) is 40.7 Å². The zero-order valence-electron chi connectivity index (χ0n) is 12.2. The van der Waals surface area contributed by atoms with Crippen LogP contribution in [0.3, 0.4) is 0 Å². The quantitative estimate of drug-likeness (QED) is 0.790. The lowest BCUT2D eigenvalue weighted by atomic mass is 10.1. The van der Waals surface area contributed by atoms with Gasteiger partial charge in [-0.2, -0.15) is 0 Å². The summed E-state index contributed by atoms with van der Waals surface area (Å²) in [6, 6.07) is 10.8. The Kier molecular flexibility index (Phi) is 3.28. The van der Waals surface area contributed by atoms with Gasteiger partial charge < -0.3 is 9.80 Å². The van der Waals surface area contributed by atoms with Gasteiger partial charge in [-0.05, 0) is 24.6 Å². The van der Waals surface area contributed by atoms with E-state index in [0.717, 1.165) is 38.1 Å². The minimum Gasteiger partial charge on any atom is -0.368 e. The van der Waals surface area contributed by atoms with Gasteiger partial charge in [-0.3, -0.25) is 4.99 Å². The molecule has 1 aromatic heterocycles. The van der Waals surface area contributed by atoms with E-state index in [2.05, 4.69) is 52.6 Å². The molecule has 0 spiro atoms. The highest BCUT2D eigenvalue weighted by molar-refractivity contribution is 7.10. The van der Waals surface area contributed by atoms with Crippen molar-refractivity contribution >= 4 is 17.0 Å². The van der Waals surface area contributed by atoms with Gasteiger partial charge in [0.1, 0.15) is 0 Å². The van der Waals surface area contributed by atoms with E-state index in [1.807, 2.05) is 11.3 Å². The number of piperazine rings is 1. The second-order valence-electron chi connectivity index (χ2n) is 5.73. The van der Waals surface area contributed by atoms with Crippen molar-refractivity contribution in [2.24, 2.45) is 4.99 Å². The number of hydrogen-bond acceptors (Lipinski definition) is 4. The molecule has 1 fully saturated rings. The van der Waals surface area contributed by atoms with Gasteiger partial charge in [0.05, 0.1) is 17.6 Å². The van der Waals surface area contributed by atoms with E-state index in [1.54, 1.807) is 0 Å². The standard InChI is InChI=1S/C17H19N3S/c1-19-7-9-20(10-8-19)17-13-4-2-3-5-15(13)18-12-16-14(17)6-11-21-16/h2-6,11H,7-10,12H2,1H3. The van der Waals surface area contributed by atoms with E-state index in [1.165, 1.54) is 21.4 Å². The third-order valence-corrected chi connectivity index (χ3v) is 5.28. The zero-order valence-corrected chi connectivity index (χ0v) is 13.1. The highest BCUT2D eigenvalue weighted by Crippen LogP contribution is 2.27. The Labute approximate surface area is 128 Å². The Bertz CT molecular complexity index is 769. The van der Waals surface area contributed by atoms with Crippen LogP contribution in [-0.2, 0) is 6.54 Å². The predicted molar refractivity (Wildman–Crippen MR) is 86.8 cm³/mol. The Balaban J connectivity index is 1.94. The average molecular weight is 297 g/mol. The first-order chi connectivity index (χ1) is 10.3. The molecule has 1 aromatic carbocycles. The number of likely N-dealkylation sites (N-methyl/N-ethyl adjacent to an activating group) is 1. The van der Waals surface area contributed by atoms with Gasteiger partial charge >= 0.3 is 0 Å². The number of fused-ring (bicyclic) bond motifs is 2. The van der Waals surface area contributed by atoms with Gasteiger partial charge in [0, 0.05) is 41.8 Å². The third-order valence-electron chi connectivity index (χ3n) is 4.37. The van der Waals surface area contributed by atoms with Gasteiger partial charge in [0.15, 0.2) is 0 Å². The van der Waals surface area contributed by atoms with Gasteiger partial charge in [-0.25, -0.2) is 0 Å². The molecule has 3 heterocycles. The largest absolute Gasteiger partial charge is 0.368 e. The molecule has 1 saturated heterocycles. The van der Waals surface area contributed by atoms with Crippen molar-refractivity contribution in [3.63, 3.8) is 0 Å². The maximum atomic E-state index is 4.81. The molecule has 0 amide bonds. The zero-order chi connectivity index (χ0) is 14.2. The highest BCUT2D eigenvalue weighted by Gasteiger charge is 2.22. The number of benzene rings is 1. The van der Waals surface area contributed by atoms with Crippen molar-refractivity contribution in [3.8, 4) is 0 Å². The van der Waals surface area contributed by atoms with Gasteiger partial charge in [-0.1, -0.05) is 18.2 Å². The second kappa shape index (κ2) is 5.28. The molecule has 0 bridgehead atoms. The number of thiophene rings is 1. The molecule has 2 aliphatic heterocycles. The smallest absolute Gasteiger partial charge is 0.0746 e. The van der Waals surface area contributed by atoms with Crippen LogP contribution in [0.5, 0.6) is 0 Å². The minimum absolute atomic E-state index is 0.807. The summed E-state index contributed by atoms with van der Waals surface area (Å²) >= 11 is 1.83. The average Bonchev–Trinajstić information content (AvgIpc) is 2.91. The first-order valence-electron chi connectivity index (χ1n) is 7.47. The molecule has 0 atom stereocenters. The van der Waals surface area contributed by atoms with E-state index < -0.39 is 0 Å². The summed E-state index contributed by atoms with van der Waals surface area (Å²) in [4.78, 5) is 11.2. The number of rotatable bonds is 1. The molecule has 4 rings (SSSR count). The minimum atomic E-state index is 0.807. The van der Waals surface area contributed by atoms with Crippen molar-refractivity contribution in [2.75, 3.05) is 33.2 Å². The normalized spacial score (nSPS) is 18.7. The van der Waals surface area contributed by atoms with E-state index in [4.69, 9.17) is 4.99 Å². The van der Waals surface area contributed by atoms with Crippen LogP contribution in [-0.4, -0.2) is 43.0 Å². The van der Waals surface area contributed by atoms with Crippen LogP contribution < -0.4 is 10.6 Å². The predicted octanol–water partition coefficient (Wildman–Crippen LogP) is 1.29. The van der Waals surface area contributed by atoms with Crippen LogP contribution in [0.1, 0.15) is 10.4 Å². The molecule has 4 heteroatoms. The van der Waals surface area contributed by atoms with Gasteiger partial charge in [0.25, 0.3) is 0 Å². The molecular weight excluding hydrogens is 278 g/mol. The van der Waals surface area contributed by atoms with Crippen molar-refractivity contribution in [1.82, 2.24) is 9.80 Å². The summed E-state index contributed by atoms with van der Waals surface area (Å²) in [6.07, 6.45) is 0. The second-order valence-corrected chi connectivity index (χ2v) is 6.73. The molecule has 0 N–H and O–H groups in total. The number of hydrogen-bond donors (Lipinski definition) is 0. The first kappa shape index (κ1) is 13.0. The van der Waals surface area contributed by atoms with E-state index in [0.29, 0.717) is 0 Å². The van der Waals surface area contributed by atoms with Crippen LogP contribution >= 0.6 is 11.3 Å². The summed E-state index contributed by atoms with van der Waals surface area (Å²) in [5.74, 6) is 0. The van der Waals surface area contributed by atoms with Crippen molar-refractivity contribution < 1.29 is 0 Å². The topological polar surface area (TPSA) is 18.8 Å². The molecule has 0 unspecified atom stereocenters. The SMILES string of the molecule is CN1CCN(C2=c3ccccc3=NCc3sccc32)CC1. The van der Waals surface area contributed by atoms with Gasteiger partial charge in [-0.15, -0.1) is 11.3 Å². The Morgan fingerprint density at radius 1 is 1.05 bits per heavy atom. The Morgan fingerprint density at radius 2 is 1.86 bits per heavy atom. The summed E-state index contributed by atoms with van der Waals surface area (Å²) < 4.78 is 0. The number of nitrogens with zero attached hydrogens (tertiary/aromatic N) is 3. The lowest BCUT2D eigenvalue weighted by Crippen LogP contribution is -2.46. The first-order valence-corrected chi connectivity index (χ1v) is 8.35. The summed E-state index contributed by atoms with van der Waals surface area (Å²) in [7, 11) is 2.20. The molecule has 2 aromatic rings. The Hall–Kier alpha value is -1.65. The molecule has 0 radical (unpaired) electrons. The summed E-state index contributed by atoms with van der Waals surface area (Å²) in [5, 5.41) is 4.62. The van der Waals surface area contributed by atoms with Crippen LogP contribution in [0.4, 0.5) is 0 Å². The fourth-order valence-corrected chi connectivity index (χ4v) is 3.96. The monoisotopic (exact) mass is 297 g/mol. The molecule has 2 aliphatic rings. The maximum absolute atomic E-state index is 4.81. The molecule has 108 valence electrons. The molecule has 3 nitrogen and oxygen atoms in total. The van der Waals surface area contributed by atoms with E-state index >= 15 is 0 Å². The summed E-state index contributed by atoms with van der Waals surface area (Å²) in [5.41, 5.74) is 2.77. The Morgan fingerprint density at radius 3 is 2.71 bits per heavy atom. The van der Waals surface area contributed by atoms with Crippen molar-refractivity contribution in [3.05, 3.63) is 56.7 Å². The maximum Gasteiger partial charge on any atom is 0.0746 e. The lowest BCUT2D eigenvalue weighted by molar-refractivity contribution is 0.206. The molecule has 0 aliphatic carbocycles. The lowest BCUT2D eigenvalue weighted by Gasteiger charge is -2.35. The van der Waals surface area contributed by atoms with E-state index in [-0.39, 0.29) is 0 Å². The van der Waals surface area contributed by atoms with Gasteiger partial charge in [0.2, 0.25) is 0 Å². The van der Waals surface area contributed by atoms with E-state index in [9.17, 15) is 0 Å². The van der Waals surface area contributed by atoms with Crippen LogP contribution in [0.25, 0.3) is 5.70 Å². The van der Waals surface area contributed by atoms with Crippen LogP contribution in [0.2, 0.25) is 0 Å². The molecule has 0 saturated carbocycles. The number of para-hydroxylation sites is 1. The van der Waals surface area contributed by atoms with Crippen LogP contribution in [0, 0.1) is 0 Å². The third kappa shape index (κ3) is 2.28. The van der Waals surface area contributed by atoms with Crippen molar-refractivity contribution in [2.45, 2.75) is 6.54 Å². The van der Waals surface area contributed by atoms with Crippen molar-refractivity contribution in [1.29, 1.82) is 0 Å². The fraction of sp³-hybridized carbons (Fsp3) is 0.353. The molecular formula is C17H19N3S. The summed E-state index contributed by atoms with van der Waals surface area (Å²) in [6.45, 7) is 5.25.